The number of amides is 1. The van der Waals surface area contributed by atoms with Gasteiger partial charge in [0.15, 0.2) is 0 Å². The van der Waals surface area contributed by atoms with Crippen LogP contribution in [-0.2, 0) is 14.8 Å². The Balaban J connectivity index is 2.02. The lowest BCUT2D eigenvalue weighted by Gasteiger charge is -2.14. The maximum absolute atomic E-state index is 12.2. The topological polar surface area (TPSA) is 87.7 Å². The van der Waals surface area contributed by atoms with Gasteiger partial charge in [0.25, 0.3) is 0 Å². The van der Waals surface area contributed by atoms with E-state index in [1.165, 1.54) is 26.2 Å². The van der Waals surface area contributed by atoms with Gasteiger partial charge in [0, 0.05) is 19.8 Å². The Bertz CT molecular complexity index is 866. The molecule has 0 aliphatic rings. The van der Waals surface area contributed by atoms with Crippen LogP contribution >= 0.6 is 0 Å². The summed E-state index contributed by atoms with van der Waals surface area (Å²) >= 11 is 0. The molecule has 0 fully saturated rings. The molecule has 0 aliphatic carbocycles. The molecule has 1 amide bonds. The minimum absolute atomic E-state index is 0.00801. The number of hydrogen-bond acceptors (Lipinski definition) is 5. The normalized spacial score (nSPS) is 11.2. The maximum atomic E-state index is 12.2. The standard InChI is InChI=1S/C18H23N3O4S/c1-4-25-17-11-6-5-10-16(17)20-18(22)13-19-14-8-7-9-15(12-14)26(23,24)21(2)3/h5-12,19H,4,13H2,1-3H3,(H,20,22). The Hall–Kier alpha value is -2.58. The third kappa shape index (κ3) is 4.96. The minimum atomic E-state index is -3.52. The number of sulfonamides is 1. The fourth-order valence-corrected chi connectivity index (χ4v) is 3.15. The number of nitrogens with zero attached hydrogens (tertiary/aromatic N) is 1. The molecule has 7 nitrogen and oxygen atoms in total. The molecule has 2 aromatic rings. The van der Waals surface area contributed by atoms with Gasteiger partial charge in [-0.1, -0.05) is 18.2 Å². The summed E-state index contributed by atoms with van der Waals surface area (Å²) < 4.78 is 30.9. The second-order valence-corrected chi connectivity index (χ2v) is 7.80. The van der Waals surface area contributed by atoms with E-state index < -0.39 is 10.0 Å². The van der Waals surface area contributed by atoms with Crippen molar-refractivity contribution in [2.24, 2.45) is 0 Å². The van der Waals surface area contributed by atoms with Crippen molar-refractivity contribution in [3.63, 3.8) is 0 Å². The smallest absolute Gasteiger partial charge is 0.243 e. The van der Waals surface area contributed by atoms with Crippen LogP contribution in [0.2, 0.25) is 0 Å². The van der Waals surface area contributed by atoms with Crippen LogP contribution in [0.1, 0.15) is 6.92 Å². The van der Waals surface area contributed by atoms with Crippen LogP contribution in [0.5, 0.6) is 5.75 Å². The monoisotopic (exact) mass is 377 g/mol. The van der Waals surface area contributed by atoms with Crippen LogP contribution in [0.4, 0.5) is 11.4 Å². The highest BCUT2D eigenvalue weighted by atomic mass is 32.2. The third-order valence-electron chi connectivity index (χ3n) is 3.53. The predicted octanol–water partition coefficient (Wildman–Crippen LogP) is 2.39. The molecule has 0 aliphatic heterocycles. The first-order valence-corrected chi connectivity index (χ1v) is 9.56. The fraction of sp³-hybridized carbons (Fsp3) is 0.278. The molecule has 26 heavy (non-hydrogen) atoms. The predicted molar refractivity (Wildman–Crippen MR) is 102 cm³/mol. The molecule has 0 bridgehead atoms. The molecule has 8 heteroatoms. The first-order valence-electron chi connectivity index (χ1n) is 8.12. The van der Waals surface area contributed by atoms with E-state index >= 15 is 0 Å². The number of anilines is 2. The number of ether oxygens (including phenoxy) is 1. The molecule has 0 unspecified atom stereocenters. The van der Waals surface area contributed by atoms with Crippen molar-refractivity contribution in [1.82, 2.24) is 4.31 Å². The molecule has 2 aromatic carbocycles. The third-order valence-corrected chi connectivity index (χ3v) is 5.34. The summed E-state index contributed by atoms with van der Waals surface area (Å²) in [6.07, 6.45) is 0. The van der Waals surface area contributed by atoms with E-state index in [4.69, 9.17) is 4.74 Å². The minimum Gasteiger partial charge on any atom is -0.492 e. The van der Waals surface area contributed by atoms with Crippen LogP contribution in [0.15, 0.2) is 53.4 Å². The molecule has 140 valence electrons. The van der Waals surface area contributed by atoms with Crippen LogP contribution in [0.25, 0.3) is 0 Å². The zero-order valence-corrected chi connectivity index (χ0v) is 15.8. The van der Waals surface area contributed by atoms with Gasteiger partial charge in [-0.15, -0.1) is 0 Å². The number of nitrogens with one attached hydrogen (secondary N) is 2. The Morgan fingerprint density at radius 3 is 2.54 bits per heavy atom. The Labute approximate surface area is 154 Å². The molecular formula is C18H23N3O4S. The highest BCUT2D eigenvalue weighted by molar-refractivity contribution is 7.89. The fourth-order valence-electron chi connectivity index (χ4n) is 2.21. The first kappa shape index (κ1) is 19.7. The van der Waals surface area contributed by atoms with E-state index in [0.29, 0.717) is 23.7 Å². The molecule has 0 aromatic heterocycles. The number of rotatable bonds is 8. The van der Waals surface area contributed by atoms with Crippen molar-refractivity contribution < 1.29 is 17.9 Å². The summed E-state index contributed by atoms with van der Waals surface area (Å²) in [5.41, 5.74) is 1.13. The van der Waals surface area contributed by atoms with Gasteiger partial charge in [-0.25, -0.2) is 12.7 Å². The number of carbonyl (C=O) groups excluding carboxylic acids is 1. The van der Waals surface area contributed by atoms with Gasteiger partial charge in [0.2, 0.25) is 15.9 Å². The SMILES string of the molecule is CCOc1ccccc1NC(=O)CNc1cccc(S(=O)(=O)N(C)C)c1. The summed E-state index contributed by atoms with van der Waals surface area (Å²) in [7, 11) is -0.580. The summed E-state index contributed by atoms with van der Waals surface area (Å²) in [6, 6.07) is 13.5. The number of para-hydroxylation sites is 2. The lowest BCUT2D eigenvalue weighted by Crippen LogP contribution is -2.23. The van der Waals surface area contributed by atoms with Crippen LogP contribution in [-0.4, -0.2) is 45.9 Å². The Kier molecular flexibility index (Phi) is 6.59. The largest absolute Gasteiger partial charge is 0.492 e. The molecule has 0 heterocycles. The lowest BCUT2D eigenvalue weighted by atomic mass is 10.3. The van der Waals surface area contributed by atoms with E-state index in [0.717, 1.165) is 4.31 Å². The van der Waals surface area contributed by atoms with Gasteiger partial charge in [-0.2, -0.15) is 0 Å². The van der Waals surface area contributed by atoms with Crippen molar-refractivity contribution in [2.75, 3.05) is 37.9 Å². The second kappa shape index (κ2) is 8.68. The van der Waals surface area contributed by atoms with Crippen LogP contribution < -0.4 is 15.4 Å². The molecule has 2 rings (SSSR count). The first-order chi connectivity index (χ1) is 12.3. The van der Waals surface area contributed by atoms with E-state index in [1.807, 2.05) is 13.0 Å². The molecule has 2 N–H and O–H groups in total. The van der Waals surface area contributed by atoms with Gasteiger partial charge < -0.3 is 15.4 Å². The van der Waals surface area contributed by atoms with Crippen molar-refractivity contribution >= 4 is 27.3 Å². The quantitative estimate of drug-likeness (QED) is 0.737. The number of hydrogen-bond donors (Lipinski definition) is 2. The van der Waals surface area contributed by atoms with E-state index in [9.17, 15) is 13.2 Å². The number of benzene rings is 2. The van der Waals surface area contributed by atoms with Crippen LogP contribution in [0, 0.1) is 0 Å². The van der Waals surface area contributed by atoms with Crippen molar-refractivity contribution in [3.05, 3.63) is 48.5 Å². The molecule has 0 spiro atoms. The van der Waals surface area contributed by atoms with Crippen molar-refractivity contribution in [2.45, 2.75) is 11.8 Å². The highest BCUT2D eigenvalue weighted by Gasteiger charge is 2.17. The average molecular weight is 377 g/mol. The Morgan fingerprint density at radius 2 is 1.85 bits per heavy atom. The van der Waals surface area contributed by atoms with Crippen LogP contribution in [0.3, 0.4) is 0 Å². The molecule has 0 radical (unpaired) electrons. The zero-order chi connectivity index (χ0) is 19.2. The average Bonchev–Trinajstić information content (AvgIpc) is 2.62. The summed E-state index contributed by atoms with van der Waals surface area (Å²) in [4.78, 5) is 12.3. The molecule has 0 saturated carbocycles. The molecule has 0 atom stereocenters. The van der Waals surface area contributed by atoms with Gasteiger partial charge in [0.05, 0.1) is 23.7 Å². The van der Waals surface area contributed by atoms with E-state index in [-0.39, 0.29) is 17.3 Å². The molecule has 0 saturated heterocycles. The van der Waals surface area contributed by atoms with Gasteiger partial charge in [-0.3, -0.25) is 4.79 Å². The van der Waals surface area contributed by atoms with Crippen molar-refractivity contribution in [1.29, 1.82) is 0 Å². The summed E-state index contributed by atoms with van der Waals surface area (Å²) in [6.45, 7) is 2.36. The van der Waals surface area contributed by atoms with Gasteiger partial charge >= 0.3 is 0 Å². The highest BCUT2D eigenvalue weighted by Crippen LogP contribution is 2.23. The van der Waals surface area contributed by atoms with Crippen molar-refractivity contribution in [3.8, 4) is 5.75 Å². The van der Waals surface area contributed by atoms with E-state index in [1.54, 1.807) is 30.3 Å². The van der Waals surface area contributed by atoms with Gasteiger partial charge in [0.1, 0.15) is 5.75 Å². The summed E-state index contributed by atoms with van der Waals surface area (Å²) in [5.74, 6) is 0.334. The van der Waals surface area contributed by atoms with E-state index in [2.05, 4.69) is 10.6 Å². The Morgan fingerprint density at radius 1 is 1.12 bits per heavy atom. The number of carbonyl (C=O) groups is 1. The zero-order valence-electron chi connectivity index (χ0n) is 15.0. The second-order valence-electron chi connectivity index (χ2n) is 5.65. The lowest BCUT2D eigenvalue weighted by molar-refractivity contribution is -0.114. The maximum Gasteiger partial charge on any atom is 0.243 e. The molecular weight excluding hydrogens is 354 g/mol. The van der Waals surface area contributed by atoms with Gasteiger partial charge in [-0.05, 0) is 37.3 Å². The summed E-state index contributed by atoms with van der Waals surface area (Å²) in [5, 5.41) is 5.71.